The number of hydrogen-bond acceptors (Lipinski definition) is 3. The van der Waals surface area contributed by atoms with E-state index in [2.05, 4.69) is 18.9 Å². The van der Waals surface area contributed by atoms with Crippen molar-refractivity contribution in [3.8, 4) is 0 Å². The van der Waals surface area contributed by atoms with Crippen molar-refractivity contribution in [2.45, 2.75) is 33.9 Å². The second-order valence-electron chi connectivity index (χ2n) is 3.87. The summed E-state index contributed by atoms with van der Waals surface area (Å²) in [4.78, 5) is 11.5. The van der Waals surface area contributed by atoms with Crippen LogP contribution in [0.4, 0.5) is 0 Å². The molecule has 1 aromatic heterocycles. The van der Waals surface area contributed by atoms with E-state index in [0.717, 1.165) is 11.3 Å². The molecule has 14 heavy (non-hydrogen) atoms. The molecule has 1 heterocycles. The van der Waals surface area contributed by atoms with E-state index >= 15 is 0 Å². The van der Waals surface area contributed by atoms with E-state index in [-0.39, 0.29) is 5.56 Å². The summed E-state index contributed by atoms with van der Waals surface area (Å²) in [6, 6.07) is 1.57. The zero-order chi connectivity index (χ0) is 10.7. The van der Waals surface area contributed by atoms with Gasteiger partial charge in [0.15, 0.2) is 0 Å². The lowest BCUT2D eigenvalue weighted by Crippen LogP contribution is -2.26. The Morgan fingerprint density at radius 3 is 2.71 bits per heavy atom. The first-order valence-electron chi connectivity index (χ1n) is 4.82. The van der Waals surface area contributed by atoms with E-state index < -0.39 is 0 Å². The Bertz CT molecular complexity index is 368. The maximum absolute atomic E-state index is 11.5. The Labute approximate surface area is 83.7 Å². The number of hydrogen-bond donors (Lipinski definition) is 1. The molecule has 0 aromatic carbocycles. The number of nitrogens with zero attached hydrogens (tertiary/aromatic N) is 2. The molecule has 0 saturated carbocycles. The molecule has 1 rings (SSSR count). The van der Waals surface area contributed by atoms with E-state index in [4.69, 9.17) is 5.73 Å². The first-order valence-corrected chi connectivity index (χ1v) is 4.82. The average Bonchev–Trinajstić information content (AvgIpc) is 2.10. The largest absolute Gasteiger partial charge is 0.326 e. The Morgan fingerprint density at radius 1 is 1.57 bits per heavy atom. The van der Waals surface area contributed by atoms with Crippen LogP contribution in [-0.2, 0) is 13.1 Å². The lowest BCUT2D eigenvalue weighted by atomic mass is 10.2. The Morgan fingerprint density at radius 2 is 2.21 bits per heavy atom. The molecule has 0 amide bonds. The van der Waals surface area contributed by atoms with Crippen LogP contribution in [0.1, 0.15) is 25.1 Å². The SMILES string of the molecule is Cc1nn(CC(C)C)c(=O)cc1CN. The van der Waals surface area contributed by atoms with Gasteiger partial charge in [0.2, 0.25) is 0 Å². The van der Waals surface area contributed by atoms with Crippen molar-refractivity contribution in [3.05, 3.63) is 27.7 Å². The summed E-state index contributed by atoms with van der Waals surface area (Å²) >= 11 is 0. The molecule has 4 nitrogen and oxygen atoms in total. The van der Waals surface area contributed by atoms with Gasteiger partial charge in [-0.25, -0.2) is 4.68 Å². The van der Waals surface area contributed by atoms with Crippen molar-refractivity contribution in [1.82, 2.24) is 9.78 Å². The highest BCUT2D eigenvalue weighted by Gasteiger charge is 2.04. The number of rotatable bonds is 3. The van der Waals surface area contributed by atoms with Gasteiger partial charge >= 0.3 is 0 Å². The average molecular weight is 195 g/mol. The molecule has 0 atom stereocenters. The van der Waals surface area contributed by atoms with Gasteiger partial charge < -0.3 is 5.73 Å². The van der Waals surface area contributed by atoms with Crippen LogP contribution in [0.15, 0.2) is 10.9 Å². The van der Waals surface area contributed by atoms with Crippen molar-refractivity contribution in [1.29, 1.82) is 0 Å². The molecule has 4 heteroatoms. The van der Waals surface area contributed by atoms with Crippen molar-refractivity contribution in [2.24, 2.45) is 11.7 Å². The fraction of sp³-hybridized carbons (Fsp3) is 0.600. The Balaban J connectivity index is 3.09. The Hall–Kier alpha value is -1.16. The van der Waals surface area contributed by atoms with Crippen molar-refractivity contribution < 1.29 is 0 Å². The van der Waals surface area contributed by atoms with Gasteiger partial charge in [0, 0.05) is 19.2 Å². The molecule has 1 aromatic rings. The zero-order valence-electron chi connectivity index (χ0n) is 8.95. The third-order valence-electron chi connectivity index (χ3n) is 2.05. The minimum absolute atomic E-state index is 0.0650. The van der Waals surface area contributed by atoms with E-state index in [1.54, 1.807) is 6.07 Å². The van der Waals surface area contributed by atoms with Crippen LogP contribution in [0.2, 0.25) is 0 Å². The van der Waals surface area contributed by atoms with Crippen LogP contribution in [0.25, 0.3) is 0 Å². The molecule has 0 fully saturated rings. The summed E-state index contributed by atoms with van der Waals surface area (Å²) in [6.45, 7) is 7.01. The summed E-state index contributed by atoms with van der Waals surface area (Å²) in [5.41, 5.74) is 7.09. The Kier molecular flexibility index (Phi) is 3.41. The maximum Gasteiger partial charge on any atom is 0.267 e. The predicted molar refractivity (Wildman–Crippen MR) is 56.0 cm³/mol. The second kappa shape index (κ2) is 4.37. The van der Waals surface area contributed by atoms with Crippen LogP contribution < -0.4 is 11.3 Å². The summed E-state index contributed by atoms with van der Waals surface area (Å²) in [5.74, 6) is 0.420. The molecule has 0 aliphatic heterocycles. The fourth-order valence-electron chi connectivity index (χ4n) is 1.31. The van der Waals surface area contributed by atoms with Gasteiger partial charge in [0.25, 0.3) is 5.56 Å². The monoisotopic (exact) mass is 195 g/mol. The highest BCUT2D eigenvalue weighted by atomic mass is 16.1. The molecule has 78 valence electrons. The molecule has 0 aliphatic carbocycles. The quantitative estimate of drug-likeness (QED) is 0.771. The van der Waals surface area contributed by atoms with Crippen LogP contribution in [-0.4, -0.2) is 9.78 Å². The van der Waals surface area contributed by atoms with Crippen molar-refractivity contribution >= 4 is 0 Å². The first kappa shape index (κ1) is 10.9. The smallest absolute Gasteiger partial charge is 0.267 e. The molecule has 0 bridgehead atoms. The van der Waals surface area contributed by atoms with E-state index in [9.17, 15) is 4.79 Å². The number of aryl methyl sites for hydroxylation is 1. The third-order valence-corrected chi connectivity index (χ3v) is 2.05. The van der Waals surface area contributed by atoms with Gasteiger partial charge in [-0.3, -0.25) is 4.79 Å². The standard InChI is InChI=1S/C10H17N3O/c1-7(2)6-13-10(14)4-9(5-11)8(3)12-13/h4,7H,5-6,11H2,1-3H3. The van der Waals surface area contributed by atoms with Gasteiger partial charge in [-0.2, -0.15) is 5.10 Å². The minimum Gasteiger partial charge on any atom is -0.326 e. The van der Waals surface area contributed by atoms with Gasteiger partial charge in [-0.05, 0) is 18.4 Å². The van der Waals surface area contributed by atoms with E-state index in [1.165, 1.54) is 4.68 Å². The summed E-state index contributed by atoms with van der Waals surface area (Å²) in [6.07, 6.45) is 0. The molecule has 0 unspecified atom stereocenters. The second-order valence-corrected chi connectivity index (χ2v) is 3.87. The van der Waals surface area contributed by atoms with Gasteiger partial charge in [-0.1, -0.05) is 13.8 Å². The molecule has 0 radical (unpaired) electrons. The van der Waals surface area contributed by atoms with E-state index in [0.29, 0.717) is 19.0 Å². The number of nitrogens with two attached hydrogens (primary N) is 1. The minimum atomic E-state index is -0.0650. The fourth-order valence-corrected chi connectivity index (χ4v) is 1.31. The molecule has 0 spiro atoms. The van der Waals surface area contributed by atoms with Crippen LogP contribution >= 0.6 is 0 Å². The highest BCUT2D eigenvalue weighted by Crippen LogP contribution is 2.00. The van der Waals surface area contributed by atoms with Crippen LogP contribution in [0, 0.1) is 12.8 Å². The molecular formula is C10H17N3O. The topological polar surface area (TPSA) is 60.9 Å². The van der Waals surface area contributed by atoms with Gasteiger partial charge in [0.1, 0.15) is 0 Å². The summed E-state index contributed by atoms with van der Waals surface area (Å²) in [7, 11) is 0. The predicted octanol–water partition coefficient (Wildman–Crippen LogP) is 0.666. The molecule has 0 aliphatic rings. The van der Waals surface area contributed by atoms with Gasteiger partial charge in [-0.15, -0.1) is 0 Å². The van der Waals surface area contributed by atoms with Crippen molar-refractivity contribution in [3.63, 3.8) is 0 Å². The molecule has 2 N–H and O–H groups in total. The summed E-state index contributed by atoms with van der Waals surface area (Å²) < 4.78 is 1.50. The van der Waals surface area contributed by atoms with E-state index in [1.807, 2.05) is 6.92 Å². The first-order chi connectivity index (χ1) is 6.54. The lowest BCUT2D eigenvalue weighted by molar-refractivity contribution is 0.458. The van der Waals surface area contributed by atoms with Crippen LogP contribution in [0.3, 0.4) is 0 Å². The van der Waals surface area contributed by atoms with Crippen molar-refractivity contribution in [2.75, 3.05) is 0 Å². The molecular weight excluding hydrogens is 178 g/mol. The zero-order valence-corrected chi connectivity index (χ0v) is 8.95. The normalized spacial score (nSPS) is 10.9. The maximum atomic E-state index is 11.5. The number of aromatic nitrogens is 2. The molecule has 0 saturated heterocycles. The van der Waals surface area contributed by atoms with Crippen LogP contribution in [0.5, 0.6) is 0 Å². The summed E-state index contributed by atoms with van der Waals surface area (Å²) in [5, 5.41) is 4.21. The third kappa shape index (κ3) is 2.42. The highest BCUT2D eigenvalue weighted by molar-refractivity contribution is 5.15. The lowest BCUT2D eigenvalue weighted by Gasteiger charge is -2.09. The van der Waals surface area contributed by atoms with Gasteiger partial charge in [0.05, 0.1) is 5.69 Å².